The molecule has 32 heavy (non-hydrogen) atoms. The van der Waals surface area contributed by atoms with Crippen LogP contribution in [0.5, 0.6) is 0 Å². The Balaban J connectivity index is 1.45. The molecule has 1 fully saturated rings. The van der Waals surface area contributed by atoms with Gasteiger partial charge in [0.2, 0.25) is 0 Å². The summed E-state index contributed by atoms with van der Waals surface area (Å²) < 4.78 is 13.4. The number of fused-ring (bicyclic) bond motifs is 1. The highest BCUT2D eigenvalue weighted by Gasteiger charge is 2.26. The summed E-state index contributed by atoms with van der Waals surface area (Å²) >= 11 is 7.15. The van der Waals surface area contributed by atoms with Crippen LogP contribution in [0.15, 0.2) is 30.6 Å². The fraction of sp³-hybridized carbons (Fsp3) is 0.364. The predicted octanol–water partition coefficient (Wildman–Crippen LogP) is 4.40. The number of amides is 1. The number of carbonyl (C=O) groups excluding carboxylic acids is 2. The number of halogens is 2. The van der Waals surface area contributed by atoms with E-state index in [0.717, 1.165) is 25.9 Å². The average molecular weight is 476 g/mol. The molecule has 1 saturated heterocycles. The predicted molar refractivity (Wildman–Crippen MR) is 124 cm³/mol. The average Bonchev–Trinajstić information content (AvgIpc) is 3.22. The van der Waals surface area contributed by atoms with Gasteiger partial charge in [-0.1, -0.05) is 11.6 Å². The zero-order valence-electron chi connectivity index (χ0n) is 17.7. The van der Waals surface area contributed by atoms with Crippen molar-refractivity contribution in [2.45, 2.75) is 38.8 Å². The van der Waals surface area contributed by atoms with Crippen LogP contribution in [0.4, 0.5) is 15.9 Å². The van der Waals surface area contributed by atoms with Crippen molar-refractivity contribution in [1.82, 2.24) is 20.2 Å². The van der Waals surface area contributed by atoms with Gasteiger partial charge < -0.3 is 10.6 Å². The van der Waals surface area contributed by atoms with Crippen molar-refractivity contribution in [2.75, 3.05) is 18.4 Å². The van der Waals surface area contributed by atoms with Crippen molar-refractivity contribution in [3.8, 4) is 0 Å². The topological polar surface area (TPSA) is 87.2 Å². The van der Waals surface area contributed by atoms with E-state index in [1.807, 2.05) is 6.92 Å². The molecule has 0 spiro atoms. The molecule has 3 heterocycles. The lowest BCUT2D eigenvalue weighted by Crippen LogP contribution is -2.48. The van der Waals surface area contributed by atoms with Crippen LogP contribution in [0.2, 0.25) is 5.02 Å². The molecule has 4 rings (SSSR count). The second kappa shape index (κ2) is 9.48. The quantitative estimate of drug-likeness (QED) is 0.549. The molecule has 0 radical (unpaired) electrons. The number of nitrogens with one attached hydrogen (secondary N) is 2. The van der Waals surface area contributed by atoms with E-state index in [0.29, 0.717) is 26.6 Å². The van der Waals surface area contributed by atoms with Gasteiger partial charge in [-0.05, 0) is 51.0 Å². The van der Waals surface area contributed by atoms with E-state index in [9.17, 15) is 14.0 Å². The lowest BCUT2D eigenvalue weighted by atomic mass is 10.0. The zero-order valence-corrected chi connectivity index (χ0v) is 19.3. The summed E-state index contributed by atoms with van der Waals surface area (Å²) in [5.74, 6) is 0.0219. The first-order valence-corrected chi connectivity index (χ1v) is 11.5. The molecule has 2 aromatic heterocycles. The van der Waals surface area contributed by atoms with Crippen LogP contribution in [-0.2, 0) is 4.79 Å². The van der Waals surface area contributed by atoms with E-state index in [1.165, 1.54) is 29.8 Å². The standard InChI is InChI=1S/C22H23ClFN5O2S/c1-12(13(2)30)29-7-5-14(6-8-29)28-21(31)19-10-16-20(25-11-26-22(16)32-19)27-15-3-4-18(24)17(23)9-15/h3-4,9-12,14H,5-8H2,1-2H3,(H,28,31)(H,25,26,27). The summed E-state index contributed by atoms with van der Waals surface area (Å²) in [6.45, 7) is 5.08. The summed E-state index contributed by atoms with van der Waals surface area (Å²) in [5, 5.41) is 6.92. The lowest BCUT2D eigenvalue weighted by Gasteiger charge is -2.35. The number of likely N-dealkylation sites (tertiary alicyclic amines) is 1. The highest BCUT2D eigenvalue weighted by molar-refractivity contribution is 7.20. The third-order valence-corrected chi connectivity index (χ3v) is 7.07. The normalized spacial score (nSPS) is 16.1. The Morgan fingerprint density at radius 3 is 2.69 bits per heavy atom. The second-order valence-electron chi connectivity index (χ2n) is 7.88. The van der Waals surface area contributed by atoms with Crippen molar-refractivity contribution >= 4 is 56.4 Å². The van der Waals surface area contributed by atoms with Crippen LogP contribution in [-0.4, -0.2) is 51.7 Å². The molecule has 10 heteroatoms. The van der Waals surface area contributed by atoms with Gasteiger partial charge in [-0.2, -0.15) is 0 Å². The molecule has 1 aliphatic heterocycles. The zero-order chi connectivity index (χ0) is 22.8. The third-order valence-electron chi connectivity index (χ3n) is 5.74. The molecule has 1 unspecified atom stereocenters. The smallest absolute Gasteiger partial charge is 0.261 e. The molecule has 0 aliphatic carbocycles. The summed E-state index contributed by atoms with van der Waals surface area (Å²) in [4.78, 5) is 36.4. The van der Waals surface area contributed by atoms with Crippen molar-refractivity contribution in [2.24, 2.45) is 0 Å². The summed E-state index contributed by atoms with van der Waals surface area (Å²) in [5.41, 5.74) is 0.583. The molecule has 0 saturated carbocycles. The Bertz CT molecular complexity index is 1160. The van der Waals surface area contributed by atoms with Crippen LogP contribution in [0, 0.1) is 5.82 Å². The number of aromatic nitrogens is 2. The first-order chi connectivity index (χ1) is 15.3. The van der Waals surface area contributed by atoms with E-state index in [2.05, 4.69) is 25.5 Å². The fourth-order valence-electron chi connectivity index (χ4n) is 3.72. The summed E-state index contributed by atoms with van der Waals surface area (Å²) in [6, 6.07) is 6.05. The molecule has 3 aromatic rings. The van der Waals surface area contributed by atoms with Gasteiger partial charge in [-0.25, -0.2) is 14.4 Å². The number of rotatable bonds is 6. The van der Waals surface area contributed by atoms with E-state index in [-0.39, 0.29) is 28.8 Å². The number of nitrogens with zero attached hydrogens (tertiary/aromatic N) is 3. The van der Waals surface area contributed by atoms with Crippen molar-refractivity contribution in [3.05, 3.63) is 46.3 Å². The highest BCUT2D eigenvalue weighted by Crippen LogP contribution is 2.31. The maximum Gasteiger partial charge on any atom is 0.261 e. The number of Topliss-reactive ketones (excluding diaryl/α,β-unsaturated/α-hetero) is 1. The largest absolute Gasteiger partial charge is 0.349 e. The molecule has 1 amide bonds. The number of thiophene rings is 1. The third kappa shape index (κ3) is 4.90. The van der Waals surface area contributed by atoms with Crippen LogP contribution in [0.25, 0.3) is 10.2 Å². The highest BCUT2D eigenvalue weighted by atomic mass is 35.5. The number of piperidine rings is 1. The molecule has 1 aliphatic rings. The molecule has 1 atom stereocenters. The molecule has 7 nitrogen and oxygen atoms in total. The van der Waals surface area contributed by atoms with Crippen molar-refractivity contribution < 1.29 is 14.0 Å². The Morgan fingerprint density at radius 2 is 2.00 bits per heavy atom. The number of anilines is 2. The van der Waals surface area contributed by atoms with Gasteiger partial charge in [0.15, 0.2) is 0 Å². The van der Waals surface area contributed by atoms with E-state index in [4.69, 9.17) is 11.6 Å². The molecule has 2 N–H and O–H groups in total. The number of ketones is 1. The minimum absolute atomic E-state index is 0.00873. The number of carbonyl (C=O) groups is 2. The molecule has 168 valence electrons. The van der Waals surface area contributed by atoms with E-state index in [1.54, 1.807) is 19.1 Å². The van der Waals surface area contributed by atoms with E-state index >= 15 is 0 Å². The van der Waals surface area contributed by atoms with Crippen LogP contribution < -0.4 is 10.6 Å². The Hall–Kier alpha value is -2.62. The monoisotopic (exact) mass is 475 g/mol. The maximum absolute atomic E-state index is 13.4. The molecular weight excluding hydrogens is 453 g/mol. The minimum atomic E-state index is -0.499. The summed E-state index contributed by atoms with van der Waals surface area (Å²) in [6.07, 6.45) is 3.01. The number of hydrogen-bond acceptors (Lipinski definition) is 7. The molecular formula is C22H23ClFN5O2S. The van der Waals surface area contributed by atoms with Gasteiger partial charge in [-0.15, -0.1) is 11.3 Å². The van der Waals surface area contributed by atoms with Crippen LogP contribution in [0.3, 0.4) is 0 Å². The fourth-order valence-corrected chi connectivity index (χ4v) is 4.81. The van der Waals surface area contributed by atoms with Gasteiger partial charge in [0.1, 0.15) is 28.6 Å². The number of benzene rings is 1. The molecule has 1 aromatic carbocycles. The first-order valence-electron chi connectivity index (χ1n) is 10.3. The summed E-state index contributed by atoms with van der Waals surface area (Å²) in [7, 11) is 0. The van der Waals surface area contributed by atoms with Gasteiger partial charge in [0.05, 0.1) is 21.3 Å². The van der Waals surface area contributed by atoms with E-state index < -0.39 is 5.82 Å². The van der Waals surface area contributed by atoms with Crippen molar-refractivity contribution in [3.63, 3.8) is 0 Å². The van der Waals surface area contributed by atoms with Crippen LogP contribution >= 0.6 is 22.9 Å². The second-order valence-corrected chi connectivity index (χ2v) is 9.31. The Labute approximate surface area is 194 Å². The lowest BCUT2D eigenvalue weighted by molar-refractivity contribution is -0.122. The number of hydrogen-bond donors (Lipinski definition) is 2. The maximum atomic E-state index is 13.4. The minimum Gasteiger partial charge on any atom is -0.349 e. The van der Waals surface area contributed by atoms with Crippen molar-refractivity contribution in [1.29, 1.82) is 0 Å². The van der Waals surface area contributed by atoms with Gasteiger partial charge in [0, 0.05) is 24.8 Å². The molecule has 0 bridgehead atoms. The Morgan fingerprint density at radius 1 is 1.25 bits per heavy atom. The first kappa shape index (κ1) is 22.6. The van der Waals surface area contributed by atoms with Gasteiger partial charge >= 0.3 is 0 Å². The Kier molecular flexibility index (Phi) is 6.68. The van der Waals surface area contributed by atoms with Crippen LogP contribution in [0.1, 0.15) is 36.4 Å². The van der Waals surface area contributed by atoms with Gasteiger partial charge in [0.25, 0.3) is 5.91 Å². The SMILES string of the molecule is CC(=O)C(C)N1CCC(NC(=O)c2cc3c(Nc4ccc(F)c(Cl)c4)ncnc3s2)CC1. The van der Waals surface area contributed by atoms with Gasteiger partial charge in [-0.3, -0.25) is 14.5 Å².